The Hall–Kier alpha value is -3.35. The summed E-state index contributed by atoms with van der Waals surface area (Å²) >= 11 is 0. The van der Waals surface area contributed by atoms with Crippen LogP contribution in [0, 0.1) is 0 Å². The minimum Gasteiger partial charge on any atom is -0.548 e. The lowest BCUT2D eigenvalue weighted by molar-refractivity contribution is -0.308. The zero-order valence-corrected chi connectivity index (χ0v) is 14.9. The van der Waals surface area contributed by atoms with Crippen molar-refractivity contribution in [1.82, 2.24) is 10.6 Å². The molecule has 0 aliphatic rings. The molecule has 2 rings (SSSR count). The molecular weight excluding hydrogens is 348 g/mol. The van der Waals surface area contributed by atoms with Crippen LogP contribution in [0.4, 0.5) is 4.79 Å². The maximum Gasteiger partial charge on any atom is 0.408 e. The Balaban J connectivity index is 1.83. The van der Waals surface area contributed by atoms with E-state index in [1.807, 2.05) is 24.3 Å². The molecule has 27 heavy (non-hydrogen) atoms. The molecule has 142 valence electrons. The molecule has 0 spiro atoms. The molecule has 0 unspecified atom stereocenters. The molecule has 2 N–H and O–H groups in total. The fraction of sp³-hybridized carbons (Fsp3) is 0.250. The zero-order valence-electron chi connectivity index (χ0n) is 14.9. The van der Waals surface area contributed by atoms with Gasteiger partial charge in [0, 0.05) is 0 Å². The van der Waals surface area contributed by atoms with E-state index < -0.39 is 30.1 Å². The van der Waals surface area contributed by atoms with Gasteiger partial charge in [0.1, 0.15) is 12.6 Å². The first-order chi connectivity index (χ1) is 13.0. The van der Waals surface area contributed by atoms with E-state index in [2.05, 4.69) is 10.6 Å². The van der Waals surface area contributed by atoms with E-state index >= 15 is 0 Å². The van der Waals surface area contributed by atoms with Crippen molar-refractivity contribution < 1.29 is 24.2 Å². The Bertz CT molecular complexity index is 764. The zero-order chi connectivity index (χ0) is 19.6. The van der Waals surface area contributed by atoms with Crippen LogP contribution in [0.15, 0.2) is 60.7 Å². The first-order valence-electron chi connectivity index (χ1n) is 8.48. The molecule has 2 aromatic carbocycles. The van der Waals surface area contributed by atoms with Gasteiger partial charge in [0.2, 0.25) is 5.91 Å². The van der Waals surface area contributed by atoms with Gasteiger partial charge in [-0.1, -0.05) is 60.7 Å². The molecule has 0 saturated carbocycles. The van der Waals surface area contributed by atoms with Crippen LogP contribution in [0.5, 0.6) is 0 Å². The predicted octanol–water partition coefficient (Wildman–Crippen LogP) is 0.779. The molecule has 0 saturated heterocycles. The summed E-state index contributed by atoms with van der Waals surface area (Å²) in [5.41, 5.74) is 1.56. The van der Waals surface area contributed by atoms with Crippen molar-refractivity contribution in [1.29, 1.82) is 0 Å². The highest BCUT2D eigenvalue weighted by Gasteiger charge is 2.21. The second-order valence-corrected chi connectivity index (χ2v) is 6.00. The number of alkyl carbamates (subject to hydrolysis) is 1. The van der Waals surface area contributed by atoms with Crippen molar-refractivity contribution >= 4 is 18.0 Å². The lowest BCUT2D eigenvalue weighted by atomic mass is 10.1. The Labute approximate surface area is 157 Å². The molecule has 0 radical (unpaired) electrons. The summed E-state index contributed by atoms with van der Waals surface area (Å²) in [6.07, 6.45) is -0.686. The first kappa shape index (κ1) is 20.0. The second kappa shape index (κ2) is 9.96. The van der Waals surface area contributed by atoms with E-state index in [0.29, 0.717) is 0 Å². The van der Waals surface area contributed by atoms with Gasteiger partial charge >= 0.3 is 6.09 Å². The maximum absolute atomic E-state index is 12.2. The molecule has 0 fully saturated rings. The molecule has 0 aliphatic carbocycles. The van der Waals surface area contributed by atoms with Crippen LogP contribution in [-0.2, 0) is 27.4 Å². The topological polar surface area (TPSA) is 108 Å². The fourth-order valence-corrected chi connectivity index (χ4v) is 2.35. The number of ether oxygens (including phenoxy) is 1. The number of amides is 2. The maximum atomic E-state index is 12.2. The average Bonchev–Trinajstić information content (AvgIpc) is 2.67. The first-order valence-corrected chi connectivity index (χ1v) is 8.48. The number of hydrogen-bond acceptors (Lipinski definition) is 5. The van der Waals surface area contributed by atoms with Gasteiger partial charge in [-0.15, -0.1) is 0 Å². The summed E-state index contributed by atoms with van der Waals surface area (Å²) in [6, 6.07) is 15.8. The smallest absolute Gasteiger partial charge is 0.408 e. The standard InChI is InChI=1S/C20H22N2O5/c1-14(21-20(26)27-13-16-10-6-3-7-11-16)18(23)22-17(19(24)25)12-15-8-4-2-5-9-15/h2-11,14,17H,12-13H2,1H3,(H,21,26)(H,22,23)(H,24,25)/p-1/t14-,17+/m1/s1. The number of hydrogen-bond donors (Lipinski definition) is 2. The van der Waals surface area contributed by atoms with Gasteiger partial charge in [-0.3, -0.25) is 4.79 Å². The minimum atomic E-state index is -1.40. The van der Waals surface area contributed by atoms with E-state index in [1.165, 1.54) is 6.92 Å². The van der Waals surface area contributed by atoms with Crippen molar-refractivity contribution in [3.63, 3.8) is 0 Å². The number of nitrogens with one attached hydrogen (secondary N) is 2. The third kappa shape index (κ3) is 6.81. The van der Waals surface area contributed by atoms with Crippen LogP contribution in [0.25, 0.3) is 0 Å². The Morgan fingerprint density at radius 1 is 0.926 bits per heavy atom. The van der Waals surface area contributed by atoms with Gasteiger partial charge in [-0.2, -0.15) is 0 Å². The summed E-state index contributed by atoms with van der Waals surface area (Å²) in [5.74, 6) is -2.04. The van der Waals surface area contributed by atoms with Crippen molar-refractivity contribution in [3.05, 3.63) is 71.8 Å². The Kier molecular flexibility index (Phi) is 7.37. The third-order valence-corrected chi connectivity index (χ3v) is 3.82. The predicted molar refractivity (Wildman–Crippen MR) is 96.3 cm³/mol. The lowest BCUT2D eigenvalue weighted by Gasteiger charge is -2.22. The van der Waals surface area contributed by atoms with Gasteiger partial charge in [-0.25, -0.2) is 4.79 Å². The molecule has 2 atom stereocenters. The van der Waals surface area contributed by atoms with Crippen molar-refractivity contribution in [2.75, 3.05) is 0 Å². The molecule has 2 aromatic rings. The number of carbonyl (C=O) groups excluding carboxylic acids is 3. The number of carbonyl (C=O) groups is 3. The molecule has 0 aromatic heterocycles. The number of aliphatic carboxylic acids is 1. The summed E-state index contributed by atoms with van der Waals surface area (Å²) in [5, 5.41) is 16.0. The van der Waals surface area contributed by atoms with Gasteiger partial charge in [-0.05, 0) is 24.5 Å². The fourth-order valence-electron chi connectivity index (χ4n) is 2.35. The van der Waals surface area contributed by atoms with Crippen LogP contribution >= 0.6 is 0 Å². The summed E-state index contributed by atoms with van der Waals surface area (Å²) in [6.45, 7) is 1.50. The molecule has 7 nitrogen and oxygen atoms in total. The molecule has 0 aliphatic heterocycles. The van der Waals surface area contributed by atoms with E-state index in [-0.39, 0.29) is 13.0 Å². The number of benzene rings is 2. The van der Waals surface area contributed by atoms with Crippen LogP contribution in [0.1, 0.15) is 18.1 Å². The van der Waals surface area contributed by atoms with Crippen molar-refractivity contribution in [3.8, 4) is 0 Å². The quantitative estimate of drug-likeness (QED) is 0.715. The van der Waals surface area contributed by atoms with Crippen LogP contribution in [-0.4, -0.2) is 30.1 Å². The average molecular weight is 369 g/mol. The van der Waals surface area contributed by atoms with Crippen LogP contribution in [0.2, 0.25) is 0 Å². The highest BCUT2D eigenvalue weighted by molar-refractivity contribution is 5.88. The Morgan fingerprint density at radius 3 is 2.04 bits per heavy atom. The Morgan fingerprint density at radius 2 is 1.48 bits per heavy atom. The number of rotatable bonds is 8. The molecular formula is C20H21N2O5-. The van der Waals surface area contributed by atoms with E-state index in [4.69, 9.17) is 4.74 Å². The SMILES string of the molecule is C[C@@H](NC(=O)OCc1ccccc1)C(=O)N[C@@H](Cc1ccccc1)C(=O)[O-]. The van der Waals surface area contributed by atoms with E-state index in [0.717, 1.165) is 11.1 Å². The summed E-state index contributed by atoms with van der Waals surface area (Å²) in [7, 11) is 0. The van der Waals surface area contributed by atoms with Gasteiger partial charge in [0.25, 0.3) is 0 Å². The third-order valence-electron chi connectivity index (χ3n) is 3.82. The minimum absolute atomic E-state index is 0.0662. The van der Waals surface area contributed by atoms with Gasteiger partial charge < -0.3 is 25.3 Å². The van der Waals surface area contributed by atoms with Crippen molar-refractivity contribution in [2.45, 2.75) is 32.0 Å². The second-order valence-electron chi connectivity index (χ2n) is 6.00. The molecule has 2 amide bonds. The lowest BCUT2D eigenvalue weighted by Crippen LogP contribution is -2.54. The largest absolute Gasteiger partial charge is 0.548 e. The van der Waals surface area contributed by atoms with Gasteiger partial charge in [0.05, 0.1) is 12.0 Å². The number of carboxylic acid groups (broad SMARTS) is 1. The number of carboxylic acids is 1. The van der Waals surface area contributed by atoms with E-state index in [1.54, 1.807) is 36.4 Å². The summed E-state index contributed by atoms with van der Waals surface area (Å²) in [4.78, 5) is 35.3. The molecule has 0 bridgehead atoms. The van der Waals surface area contributed by atoms with E-state index in [9.17, 15) is 19.5 Å². The van der Waals surface area contributed by atoms with Crippen LogP contribution < -0.4 is 15.7 Å². The monoisotopic (exact) mass is 369 g/mol. The molecule has 7 heteroatoms. The molecule has 0 heterocycles. The van der Waals surface area contributed by atoms with Crippen molar-refractivity contribution in [2.24, 2.45) is 0 Å². The highest BCUT2D eigenvalue weighted by atomic mass is 16.5. The highest BCUT2D eigenvalue weighted by Crippen LogP contribution is 2.04. The summed E-state index contributed by atoms with van der Waals surface area (Å²) < 4.78 is 5.04. The van der Waals surface area contributed by atoms with Crippen LogP contribution in [0.3, 0.4) is 0 Å². The van der Waals surface area contributed by atoms with Gasteiger partial charge in [0.15, 0.2) is 0 Å². The normalized spacial score (nSPS) is 12.5.